The second-order valence-corrected chi connectivity index (χ2v) is 2.69. The first-order valence-electron chi connectivity index (χ1n) is 2.68. The molecule has 0 atom stereocenters. The van der Waals surface area contributed by atoms with Crippen molar-refractivity contribution in [1.82, 2.24) is 0 Å². The first-order valence-corrected chi connectivity index (χ1v) is 4.04. The van der Waals surface area contributed by atoms with E-state index in [1.165, 1.54) is 0 Å². The Balaban J connectivity index is -0.000000320. The quantitative estimate of drug-likeness (QED) is 0.311. The molecule has 6 heteroatoms. The number of hydrogen-bond acceptors (Lipinski definition) is 3. The molecule has 0 heterocycles. The molecule has 0 aliphatic heterocycles. The molecule has 0 aliphatic rings. The van der Waals surface area contributed by atoms with Crippen LogP contribution in [0.25, 0.3) is 0 Å². The molecule has 4 nitrogen and oxygen atoms in total. The monoisotopic (exact) mass is 194 g/mol. The minimum Gasteiger partial charge on any atom is -1.00 e. The van der Waals surface area contributed by atoms with Gasteiger partial charge in [0.05, 0.1) is 6.61 Å². The molecule has 0 saturated heterocycles. The van der Waals surface area contributed by atoms with Gasteiger partial charge < -0.3 is 1.43 Å². The largest absolute Gasteiger partial charge is 1.00 e. The molecule has 0 radical (unpaired) electrons. The Morgan fingerprint density at radius 2 is 2.10 bits per heavy atom. The van der Waals surface area contributed by atoms with E-state index in [-0.39, 0.29) is 59.4 Å². The van der Waals surface area contributed by atoms with Crippen molar-refractivity contribution < 1.29 is 70.0 Å². The average Bonchev–Trinajstić information content (AvgIpc) is 1.63. The van der Waals surface area contributed by atoms with Crippen LogP contribution < -0.4 is 51.4 Å². The summed E-state index contributed by atoms with van der Waals surface area (Å²) in [6.45, 7) is 1.96. The summed E-state index contributed by atoms with van der Waals surface area (Å²) in [5, 5.41) is 0. The predicted molar refractivity (Wildman–Crippen MR) is 33.5 cm³/mol. The Morgan fingerprint density at radius 1 is 1.60 bits per heavy atom. The summed E-state index contributed by atoms with van der Waals surface area (Å²) < 4.78 is 31.7. The molecule has 0 aliphatic carbocycles. The number of hydrogen-bond donors (Lipinski definition) is 1. The molecule has 0 aromatic carbocycles. The van der Waals surface area contributed by atoms with Crippen LogP contribution in [0.4, 0.5) is 0 Å². The van der Waals surface area contributed by atoms with E-state index in [4.69, 9.17) is 4.55 Å². The van der Waals surface area contributed by atoms with Crippen molar-refractivity contribution >= 4 is 10.4 Å². The third kappa shape index (κ3) is 12.2. The van der Waals surface area contributed by atoms with Crippen LogP contribution in [-0.2, 0) is 14.6 Å². The molecular weight excluding hydrogens is 183 g/mol. The van der Waals surface area contributed by atoms with E-state index in [9.17, 15) is 8.42 Å². The summed E-state index contributed by atoms with van der Waals surface area (Å²) in [5.41, 5.74) is 0. The van der Waals surface area contributed by atoms with Crippen LogP contribution in [-0.4, -0.2) is 19.6 Å². The van der Waals surface area contributed by atoms with Crippen molar-refractivity contribution in [1.29, 1.82) is 0 Å². The van der Waals surface area contributed by atoms with E-state index >= 15 is 0 Å². The Hall–Kier alpha value is 1.51. The van der Waals surface area contributed by atoms with Gasteiger partial charge in [-0.1, -0.05) is 13.3 Å². The van der Waals surface area contributed by atoms with Gasteiger partial charge in [-0.05, 0) is 6.42 Å². The van der Waals surface area contributed by atoms with Crippen LogP contribution >= 0.6 is 0 Å². The normalized spacial score (nSPS) is 10.6. The van der Waals surface area contributed by atoms with Crippen LogP contribution in [0.2, 0.25) is 0 Å². The van der Waals surface area contributed by atoms with E-state index in [0.717, 1.165) is 6.42 Å². The van der Waals surface area contributed by atoms with E-state index in [1.54, 1.807) is 0 Å². The zero-order valence-electron chi connectivity index (χ0n) is 7.20. The summed E-state index contributed by atoms with van der Waals surface area (Å²) in [4.78, 5) is 0. The molecule has 0 saturated carbocycles. The third-order valence-corrected chi connectivity index (χ3v) is 1.19. The third-order valence-electron chi connectivity index (χ3n) is 0.730. The van der Waals surface area contributed by atoms with Crippen molar-refractivity contribution in [2.24, 2.45) is 0 Å². The number of rotatable bonds is 4. The van der Waals surface area contributed by atoms with Gasteiger partial charge in [0, 0.05) is 0 Å². The summed E-state index contributed by atoms with van der Waals surface area (Å²) in [5.74, 6) is 0. The SMILES string of the molecule is CCCCOS(=O)(=O)O.[H-].[K+]. The summed E-state index contributed by atoms with van der Waals surface area (Å²) in [6.07, 6.45) is 1.48. The molecule has 0 amide bonds. The molecule has 0 fully saturated rings. The standard InChI is InChI=1S/C4H10O4S.K.H/c1-2-3-4-8-9(5,6)7;;/h2-4H2,1H3,(H,5,6,7);;/q;+1;-1. The molecule has 10 heavy (non-hydrogen) atoms. The van der Waals surface area contributed by atoms with Crippen molar-refractivity contribution in [3.63, 3.8) is 0 Å². The maximum Gasteiger partial charge on any atom is 1.00 e. The zero-order chi connectivity index (χ0) is 7.33. The second-order valence-electron chi connectivity index (χ2n) is 1.60. The topological polar surface area (TPSA) is 63.6 Å². The van der Waals surface area contributed by atoms with E-state index in [2.05, 4.69) is 4.18 Å². The fraction of sp³-hybridized carbons (Fsp3) is 1.00. The van der Waals surface area contributed by atoms with Gasteiger partial charge in [-0.3, -0.25) is 4.55 Å². The van der Waals surface area contributed by atoms with Crippen molar-refractivity contribution in [2.75, 3.05) is 6.61 Å². The van der Waals surface area contributed by atoms with E-state index < -0.39 is 10.4 Å². The Labute approximate surface area is 105 Å². The summed E-state index contributed by atoms with van der Waals surface area (Å²) in [7, 11) is -4.20. The first-order chi connectivity index (χ1) is 4.06. The fourth-order valence-corrected chi connectivity index (χ4v) is 0.637. The molecule has 0 rings (SSSR count). The second kappa shape index (κ2) is 7.17. The molecule has 1 N–H and O–H groups in total. The van der Waals surface area contributed by atoms with Gasteiger partial charge in [-0.25, -0.2) is 4.18 Å². The van der Waals surface area contributed by atoms with Gasteiger partial charge in [0.25, 0.3) is 0 Å². The minimum absolute atomic E-state index is 0. The Bertz CT molecular complexity index is 157. The van der Waals surface area contributed by atoms with Gasteiger partial charge in [-0.2, -0.15) is 8.42 Å². The fourth-order valence-electron chi connectivity index (χ4n) is 0.309. The predicted octanol–water partition coefficient (Wildman–Crippen LogP) is -2.28. The van der Waals surface area contributed by atoms with E-state index in [1.807, 2.05) is 6.92 Å². The molecular formula is C4H11KO4S. The minimum atomic E-state index is -4.20. The molecule has 0 bridgehead atoms. The summed E-state index contributed by atoms with van der Waals surface area (Å²) in [6, 6.07) is 0. The average molecular weight is 194 g/mol. The van der Waals surface area contributed by atoms with Gasteiger partial charge in [0.15, 0.2) is 0 Å². The Kier molecular flexibility index (Phi) is 10.1. The van der Waals surface area contributed by atoms with Crippen LogP contribution in [0.1, 0.15) is 21.2 Å². The van der Waals surface area contributed by atoms with Crippen molar-refractivity contribution in [3.8, 4) is 0 Å². The molecule has 58 valence electrons. The van der Waals surface area contributed by atoms with Crippen molar-refractivity contribution in [3.05, 3.63) is 0 Å². The Morgan fingerprint density at radius 3 is 2.40 bits per heavy atom. The van der Waals surface area contributed by atoms with Crippen LogP contribution in [0.5, 0.6) is 0 Å². The summed E-state index contributed by atoms with van der Waals surface area (Å²) >= 11 is 0. The van der Waals surface area contributed by atoms with Crippen LogP contribution in [0.15, 0.2) is 0 Å². The molecule has 0 aromatic heterocycles. The zero-order valence-corrected chi connectivity index (χ0v) is 10.1. The van der Waals surface area contributed by atoms with Gasteiger partial charge >= 0.3 is 61.8 Å². The maximum absolute atomic E-state index is 9.84. The van der Waals surface area contributed by atoms with Crippen LogP contribution in [0.3, 0.4) is 0 Å². The molecule has 0 aromatic rings. The molecule has 0 spiro atoms. The number of unbranched alkanes of at least 4 members (excludes halogenated alkanes) is 1. The van der Waals surface area contributed by atoms with Crippen molar-refractivity contribution in [2.45, 2.75) is 19.8 Å². The smallest absolute Gasteiger partial charge is 1.00 e. The first kappa shape index (κ1) is 14.1. The van der Waals surface area contributed by atoms with Gasteiger partial charge in [0.2, 0.25) is 0 Å². The van der Waals surface area contributed by atoms with Gasteiger partial charge in [-0.15, -0.1) is 0 Å². The van der Waals surface area contributed by atoms with E-state index in [0.29, 0.717) is 6.42 Å². The van der Waals surface area contributed by atoms with Gasteiger partial charge in [0.1, 0.15) is 0 Å². The van der Waals surface area contributed by atoms with Crippen LogP contribution in [0, 0.1) is 0 Å². The maximum atomic E-state index is 9.84. The molecule has 0 unspecified atom stereocenters.